The Balaban J connectivity index is 2.34. The molecule has 0 aliphatic heterocycles. The summed E-state index contributed by atoms with van der Waals surface area (Å²) in [7, 11) is 3.50. The van der Waals surface area contributed by atoms with E-state index in [2.05, 4.69) is 20.6 Å². The molecule has 0 spiro atoms. The Kier molecular flexibility index (Phi) is 3.85. The highest BCUT2D eigenvalue weighted by molar-refractivity contribution is 5.65. The van der Waals surface area contributed by atoms with Crippen molar-refractivity contribution in [3.05, 3.63) is 35.7 Å². The van der Waals surface area contributed by atoms with E-state index in [0.29, 0.717) is 0 Å². The summed E-state index contributed by atoms with van der Waals surface area (Å²) < 4.78 is 5.21. The number of nitrogens with zero attached hydrogens (tertiary/aromatic N) is 2. The fourth-order valence-corrected chi connectivity index (χ4v) is 1.83. The smallest absolute Gasteiger partial charge is 0.139 e. The summed E-state index contributed by atoms with van der Waals surface area (Å²) in [5.74, 6) is 3.16. The molecule has 0 aliphatic carbocycles. The van der Waals surface area contributed by atoms with Gasteiger partial charge in [0.25, 0.3) is 0 Å². The third kappa shape index (κ3) is 2.93. The van der Waals surface area contributed by atoms with Gasteiger partial charge >= 0.3 is 0 Å². The second-order valence-corrected chi connectivity index (χ2v) is 4.20. The van der Waals surface area contributed by atoms with Crippen LogP contribution in [0.1, 0.15) is 11.4 Å². The maximum absolute atomic E-state index is 5.21. The third-order valence-corrected chi connectivity index (χ3v) is 2.83. The highest BCUT2D eigenvalue weighted by Crippen LogP contribution is 2.25. The molecule has 1 aromatic carbocycles. The van der Waals surface area contributed by atoms with Crippen LogP contribution in [0.2, 0.25) is 0 Å². The lowest BCUT2D eigenvalue weighted by molar-refractivity contribution is 0.415. The van der Waals surface area contributed by atoms with E-state index in [9.17, 15) is 0 Å². The lowest BCUT2D eigenvalue weighted by Gasteiger charge is -2.13. The van der Waals surface area contributed by atoms with E-state index in [1.165, 1.54) is 0 Å². The summed E-state index contributed by atoms with van der Waals surface area (Å²) >= 11 is 0. The monoisotopic (exact) mass is 258 g/mol. The number of methoxy groups -OCH3 is 1. The van der Waals surface area contributed by atoms with Crippen molar-refractivity contribution in [2.75, 3.05) is 24.8 Å². The topological polar surface area (TPSA) is 59.1 Å². The Bertz CT molecular complexity index is 584. The van der Waals surface area contributed by atoms with Gasteiger partial charge in [0, 0.05) is 24.4 Å². The van der Waals surface area contributed by atoms with Crippen LogP contribution in [0.5, 0.6) is 5.75 Å². The van der Waals surface area contributed by atoms with Crippen LogP contribution >= 0.6 is 0 Å². The number of hydrogen-bond donors (Lipinski definition) is 2. The summed E-state index contributed by atoms with van der Waals surface area (Å²) in [6, 6.07) is 7.74. The fraction of sp³-hybridized carbons (Fsp3) is 0.286. The van der Waals surface area contributed by atoms with Crippen LogP contribution in [-0.4, -0.2) is 24.1 Å². The van der Waals surface area contributed by atoms with Gasteiger partial charge in [0.05, 0.1) is 7.11 Å². The summed E-state index contributed by atoms with van der Waals surface area (Å²) in [4.78, 5) is 8.77. The van der Waals surface area contributed by atoms with Gasteiger partial charge in [-0.15, -0.1) is 0 Å². The Hall–Kier alpha value is -2.30. The SMILES string of the molecule is CNc1nc(C)nc(Nc2cccc(OC)c2)c1C. The molecule has 5 nitrogen and oxygen atoms in total. The summed E-state index contributed by atoms with van der Waals surface area (Å²) in [6.07, 6.45) is 0. The summed E-state index contributed by atoms with van der Waals surface area (Å²) in [6.45, 7) is 3.85. The van der Waals surface area contributed by atoms with E-state index < -0.39 is 0 Å². The zero-order valence-electron chi connectivity index (χ0n) is 11.6. The molecule has 19 heavy (non-hydrogen) atoms. The number of hydrogen-bond acceptors (Lipinski definition) is 5. The molecule has 0 saturated carbocycles. The van der Waals surface area contributed by atoms with Crippen molar-refractivity contribution >= 4 is 17.3 Å². The van der Waals surface area contributed by atoms with Crippen molar-refractivity contribution in [2.24, 2.45) is 0 Å². The zero-order valence-corrected chi connectivity index (χ0v) is 11.6. The normalized spacial score (nSPS) is 10.1. The first kappa shape index (κ1) is 13.1. The van der Waals surface area contributed by atoms with Crippen molar-refractivity contribution in [1.29, 1.82) is 0 Å². The molecule has 0 amide bonds. The number of aromatic nitrogens is 2. The third-order valence-electron chi connectivity index (χ3n) is 2.83. The largest absolute Gasteiger partial charge is 0.497 e. The Morgan fingerprint density at radius 1 is 1.11 bits per heavy atom. The molecular formula is C14H18N4O. The number of aryl methyl sites for hydroxylation is 1. The van der Waals surface area contributed by atoms with Gasteiger partial charge in [-0.3, -0.25) is 0 Å². The van der Waals surface area contributed by atoms with E-state index in [4.69, 9.17) is 4.74 Å². The van der Waals surface area contributed by atoms with Crippen molar-refractivity contribution in [2.45, 2.75) is 13.8 Å². The van der Waals surface area contributed by atoms with Gasteiger partial charge in [-0.05, 0) is 26.0 Å². The Morgan fingerprint density at radius 3 is 2.53 bits per heavy atom. The van der Waals surface area contributed by atoms with Gasteiger partial charge in [0.2, 0.25) is 0 Å². The average molecular weight is 258 g/mol. The molecule has 2 N–H and O–H groups in total. The molecular weight excluding hydrogens is 240 g/mol. The molecule has 0 radical (unpaired) electrons. The minimum absolute atomic E-state index is 0.723. The van der Waals surface area contributed by atoms with Crippen LogP contribution in [-0.2, 0) is 0 Å². The zero-order chi connectivity index (χ0) is 13.8. The van der Waals surface area contributed by atoms with E-state index in [-0.39, 0.29) is 0 Å². The standard InChI is InChI=1S/C14H18N4O/c1-9-13(15-3)16-10(2)17-14(9)18-11-6-5-7-12(8-11)19-4/h5-8H,1-4H3,(H2,15,16,17,18). The van der Waals surface area contributed by atoms with Gasteiger partial charge in [-0.1, -0.05) is 6.07 Å². The number of ether oxygens (including phenoxy) is 1. The van der Waals surface area contributed by atoms with Gasteiger partial charge in [-0.25, -0.2) is 9.97 Å². The van der Waals surface area contributed by atoms with Gasteiger partial charge < -0.3 is 15.4 Å². The van der Waals surface area contributed by atoms with Crippen LogP contribution in [0, 0.1) is 13.8 Å². The quantitative estimate of drug-likeness (QED) is 0.883. The first-order valence-electron chi connectivity index (χ1n) is 6.08. The van der Waals surface area contributed by atoms with Gasteiger partial charge in [0.1, 0.15) is 23.2 Å². The molecule has 0 saturated heterocycles. The van der Waals surface area contributed by atoms with Crippen LogP contribution in [0.15, 0.2) is 24.3 Å². The van der Waals surface area contributed by atoms with Crippen molar-refractivity contribution in [3.8, 4) is 5.75 Å². The maximum atomic E-state index is 5.21. The minimum Gasteiger partial charge on any atom is -0.497 e. The Morgan fingerprint density at radius 2 is 1.84 bits per heavy atom. The second kappa shape index (κ2) is 5.56. The fourth-order valence-electron chi connectivity index (χ4n) is 1.83. The van der Waals surface area contributed by atoms with Crippen molar-refractivity contribution in [1.82, 2.24) is 9.97 Å². The lowest BCUT2D eigenvalue weighted by Crippen LogP contribution is -2.05. The maximum Gasteiger partial charge on any atom is 0.139 e. The minimum atomic E-state index is 0.723. The van der Waals surface area contributed by atoms with Gasteiger partial charge in [-0.2, -0.15) is 0 Å². The predicted octanol–water partition coefficient (Wildman–Crippen LogP) is 2.89. The first-order valence-corrected chi connectivity index (χ1v) is 6.08. The molecule has 0 unspecified atom stereocenters. The molecule has 0 atom stereocenters. The molecule has 2 rings (SSSR count). The van der Waals surface area contributed by atoms with Crippen LogP contribution in [0.4, 0.5) is 17.3 Å². The lowest BCUT2D eigenvalue weighted by atomic mass is 10.2. The van der Waals surface area contributed by atoms with Crippen molar-refractivity contribution < 1.29 is 4.74 Å². The van der Waals surface area contributed by atoms with Crippen molar-refractivity contribution in [3.63, 3.8) is 0 Å². The molecule has 0 bridgehead atoms. The van der Waals surface area contributed by atoms with Crippen LogP contribution in [0.3, 0.4) is 0 Å². The number of nitrogens with one attached hydrogen (secondary N) is 2. The number of rotatable bonds is 4. The van der Waals surface area contributed by atoms with Gasteiger partial charge in [0.15, 0.2) is 0 Å². The highest BCUT2D eigenvalue weighted by Gasteiger charge is 2.08. The van der Waals surface area contributed by atoms with E-state index >= 15 is 0 Å². The average Bonchev–Trinajstić information content (AvgIpc) is 2.42. The van der Waals surface area contributed by atoms with Crippen LogP contribution < -0.4 is 15.4 Å². The molecule has 0 aliphatic rings. The molecule has 1 heterocycles. The number of anilines is 3. The first-order chi connectivity index (χ1) is 9.13. The Labute approximate surface area is 113 Å². The molecule has 1 aromatic heterocycles. The van der Waals surface area contributed by atoms with E-state index in [1.54, 1.807) is 7.11 Å². The summed E-state index contributed by atoms with van der Waals surface area (Å²) in [5.41, 5.74) is 1.92. The molecule has 2 aromatic rings. The van der Waals surface area contributed by atoms with E-state index in [0.717, 1.165) is 34.5 Å². The predicted molar refractivity (Wildman–Crippen MR) is 77.3 cm³/mol. The molecule has 5 heteroatoms. The number of benzene rings is 1. The second-order valence-electron chi connectivity index (χ2n) is 4.20. The highest BCUT2D eigenvalue weighted by atomic mass is 16.5. The van der Waals surface area contributed by atoms with E-state index in [1.807, 2.05) is 45.2 Å². The summed E-state index contributed by atoms with van der Waals surface area (Å²) in [5, 5.41) is 6.36. The molecule has 0 fully saturated rings. The molecule has 100 valence electrons. The van der Waals surface area contributed by atoms with Crippen LogP contribution in [0.25, 0.3) is 0 Å².